The van der Waals surface area contributed by atoms with E-state index in [0.29, 0.717) is 5.69 Å². The van der Waals surface area contributed by atoms with Gasteiger partial charge in [-0.05, 0) is 23.8 Å². The summed E-state index contributed by atoms with van der Waals surface area (Å²) >= 11 is 0. The third-order valence-corrected chi connectivity index (χ3v) is 2.07. The maximum atomic E-state index is 11.5. The van der Waals surface area contributed by atoms with Crippen molar-refractivity contribution in [3.8, 4) is 0 Å². The summed E-state index contributed by atoms with van der Waals surface area (Å²) in [7, 11) is 0. The molecule has 0 unspecified atom stereocenters. The summed E-state index contributed by atoms with van der Waals surface area (Å²) in [6.45, 7) is 3.65. The van der Waals surface area contributed by atoms with Gasteiger partial charge in [-0.3, -0.25) is 9.59 Å². The van der Waals surface area contributed by atoms with E-state index in [-0.39, 0.29) is 11.8 Å². The Balaban J connectivity index is 2.90. The van der Waals surface area contributed by atoms with Crippen molar-refractivity contribution in [2.24, 2.45) is 5.92 Å². The molecule has 1 radical (unpaired) electrons. The molecule has 0 aliphatic heterocycles. The van der Waals surface area contributed by atoms with E-state index >= 15 is 0 Å². The quantitative estimate of drug-likeness (QED) is 0.785. The number of para-hydroxylation sites is 1. The monoisotopic (exact) mass is 216 g/mol. The predicted octanol–water partition coefficient (Wildman–Crippen LogP) is 2.40. The van der Waals surface area contributed by atoms with Crippen LogP contribution in [0.15, 0.2) is 30.3 Å². The Morgan fingerprint density at radius 1 is 1.38 bits per heavy atom. The van der Waals surface area contributed by atoms with Crippen LogP contribution in [0.25, 0.3) is 6.08 Å². The van der Waals surface area contributed by atoms with E-state index in [1.807, 2.05) is 32.0 Å². The highest BCUT2D eigenvalue weighted by Gasteiger charge is 2.08. The largest absolute Gasteiger partial charge is 0.325 e. The zero-order valence-corrected chi connectivity index (χ0v) is 9.36. The number of amides is 1. The highest BCUT2D eigenvalue weighted by atomic mass is 16.1. The molecule has 0 aliphatic rings. The van der Waals surface area contributed by atoms with Crippen LogP contribution < -0.4 is 5.32 Å². The second kappa shape index (κ2) is 5.85. The molecule has 0 aliphatic carbocycles. The van der Waals surface area contributed by atoms with Gasteiger partial charge in [0.15, 0.2) is 0 Å². The summed E-state index contributed by atoms with van der Waals surface area (Å²) < 4.78 is 0. The number of anilines is 1. The van der Waals surface area contributed by atoms with Gasteiger partial charge >= 0.3 is 0 Å². The van der Waals surface area contributed by atoms with Gasteiger partial charge in [0.25, 0.3) is 0 Å². The fourth-order valence-electron chi connectivity index (χ4n) is 1.16. The van der Waals surface area contributed by atoms with Crippen LogP contribution in [0.1, 0.15) is 19.4 Å². The average molecular weight is 216 g/mol. The van der Waals surface area contributed by atoms with Crippen LogP contribution >= 0.6 is 0 Å². The summed E-state index contributed by atoms with van der Waals surface area (Å²) in [4.78, 5) is 21.6. The lowest BCUT2D eigenvalue weighted by atomic mass is 10.1. The molecular weight excluding hydrogens is 202 g/mol. The van der Waals surface area contributed by atoms with Crippen LogP contribution in [-0.4, -0.2) is 12.2 Å². The third kappa shape index (κ3) is 3.35. The van der Waals surface area contributed by atoms with Crippen molar-refractivity contribution < 1.29 is 9.59 Å². The van der Waals surface area contributed by atoms with Gasteiger partial charge in [-0.25, -0.2) is 0 Å². The second-order valence-corrected chi connectivity index (χ2v) is 3.68. The van der Waals surface area contributed by atoms with Crippen LogP contribution in [0.3, 0.4) is 0 Å². The SMILES string of the molecule is CC(C)C(=O)Nc1ccccc1/C=C/[C]=O. The van der Waals surface area contributed by atoms with Crippen molar-refractivity contribution in [1.82, 2.24) is 0 Å². The lowest BCUT2D eigenvalue weighted by Crippen LogP contribution is -2.18. The molecule has 3 heteroatoms. The predicted molar refractivity (Wildman–Crippen MR) is 64.6 cm³/mol. The van der Waals surface area contributed by atoms with E-state index in [4.69, 9.17) is 0 Å². The van der Waals surface area contributed by atoms with Gasteiger partial charge in [0, 0.05) is 11.6 Å². The Morgan fingerprint density at radius 2 is 2.06 bits per heavy atom. The normalized spacial score (nSPS) is 10.7. The Labute approximate surface area is 95.2 Å². The van der Waals surface area contributed by atoms with E-state index in [2.05, 4.69) is 5.32 Å². The molecule has 0 saturated heterocycles. The number of carbonyl (C=O) groups is 1. The van der Waals surface area contributed by atoms with Crippen molar-refractivity contribution in [3.05, 3.63) is 35.9 Å². The van der Waals surface area contributed by atoms with Crippen molar-refractivity contribution in [1.29, 1.82) is 0 Å². The summed E-state index contributed by atoms with van der Waals surface area (Å²) in [6.07, 6.45) is 4.57. The zero-order chi connectivity index (χ0) is 12.0. The minimum atomic E-state index is -0.0744. The van der Waals surface area contributed by atoms with E-state index in [1.165, 1.54) is 6.08 Å². The summed E-state index contributed by atoms with van der Waals surface area (Å²) in [5.41, 5.74) is 1.49. The molecule has 0 aromatic heterocycles. The zero-order valence-electron chi connectivity index (χ0n) is 9.36. The first-order chi connectivity index (χ1) is 7.65. The molecule has 0 fully saturated rings. The fraction of sp³-hybridized carbons (Fsp3) is 0.231. The molecule has 16 heavy (non-hydrogen) atoms. The van der Waals surface area contributed by atoms with Crippen LogP contribution in [0.2, 0.25) is 0 Å². The van der Waals surface area contributed by atoms with Gasteiger partial charge in [-0.15, -0.1) is 0 Å². The molecule has 1 amide bonds. The first kappa shape index (κ1) is 12.2. The van der Waals surface area contributed by atoms with Crippen LogP contribution in [-0.2, 0) is 9.59 Å². The number of rotatable bonds is 4. The first-order valence-electron chi connectivity index (χ1n) is 5.09. The average Bonchev–Trinajstić information content (AvgIpc) is 2.27. The van der Waals surface area contributed by atoms with E-state index < -0.39 is 0 Å². The van der Waals surface area contributed by atoms with Crippen molar-refractivity contribution >= 4 is 24.0 Å². The topological polar surface area (TPSA) is 46.2 Å². The Bertz CT molecular complexity index is 408. The second-order valence-electron chi connectivity index (χ2n) is 3.68. The summed E-state index contributed by atoms with van der Waals surface area (Å²) in [5, 5.41) is 2.80. The number of hydrogen-bond acceptors (Lipinski definition) is 2. The van der Waals surface area contributed by atoms with Gasteiger partial charge in [0.2, 0.25) is 12.2 Å². The van der Waals surface area contributed by atoms with Gasteiger partial charge in [-0.1, -0.05) is 32.0 Å². The van der Waals surface area contributed by atoms with Crippen molar-refractivity contribution in [3.63, 3.8) is 0 Å². The molecule has 1 aromatic carbocycles. The van der Waals surface area contributed by atoms with Gasteiger partial charge < -0.3 is 5.32 Å². The number of carbonyl (C=O) groups excluding carboxylic acids is 2. The Hall–Kier alpha value is -1.90. The third-order valence-electron chi connectivity index (χ3n) is 2.07. The minimum Gasteiger partial charge on any atom is -0.325 e. The van der Waals surface area contributed by atoms with Crippen LogP contribution in [0, 0.1) is 5.92 Å². The molecule has 0 bridgehead atoms. The van der Waals surface area contributed by atoms with E-state index in [1.54, 1.807) is 18.4 Å². The van der Waals surface area contributed by atoms with Gasteiger partial charge in [0.1, 0.15) is 0 Å². The molecule has 1 rings (SSSR count). The smallest absolute Gasteiger partial charge is 0.226 e. The fourth-order valence-corrected chi connectivity index (χ4v) is 1.16. The Kier molecular flexibility index (Phi) is 4.45. The minimum absolute atomic E-state index is 0.0454. The highest BCUT2D eigenvalue weighted by Crippen LogP contribution is 2.17. The van der Waals surface area contributed by atoms with Crippen molar-refractivity contribution in [2.45, 2.75) is 13.8 Å². The number of nitrogens with one attached hydrogen (secondary N) is 1. The maximum absolute atomic E-state index is 11.5. The van der Waals surface area contributed by atoms with Crippen molar-refractivity contribution in [2.75, 3.05) is 5.32 Å². The molecule has 3 nitrogen and oxygen atoms in total. The highest BCUT2D eigenvalue weighted by molar-refractivity contribution is 5.94. The molecule has 1 N–H and O–H groups in total. The van der Waals surface area contributed by atoms with Crippen LogP contribution in [0.4, 0.5) is 5.69 Å². The molecule has 1 aromatic rings. The van der Waals surface area contributed by atoms with Gasteiger partial charge in [0.05, 0.1) is 0 Å². The first-order valence-corrected chi connectivity index (χ1v) is 5.09. The molecule has 83 valence electrons. The molecule has 0 saturated carbocycles. The lowest BCUT2D eigenvalue weighted by Gasteiger charge is -2.10. The molecule has 0 spiro atoms. The molecular formula is C13H14NO2. The van der Waals surface area contributed by atoms with E-state index in [9.17, 15) is 9.59 Å². The lowest BCUT2D eigenvalue weighted by molar-refractivity contribution is -0.118. The number of hydrogen-bond donors (Lipinski definition) is 1. The summed E-state index contributed by atoms with van der Waals surface area (Å²) in [5.74, 6) is -0.120. The standard InChI is InChI=1S/C13H14NO2/c1-10(2)13(16)14-12-8-4-3-6-11(12)7-5-9-15/h3-8,10H,1-2H3,(H,14,16)/b7-5+. The molecule has 0 atom stereocenters. The number of benzene rings is 1. The van der Waals surface area contributed by atoms with Crippen LogP contribution in [0.5, 0.6) is 0 Å². The maximum Gasteiger partial charge on any atom is 0.226 e. The van der Waals surface area contributed by atoms with E-state index in [0.717, 1.165) is 5.56 Å². The van der Waals surface area contributed by atoms with Gasteiger partial charge in [-0.2, -0.15) is 0 Å². The summed E-state index contributed by atoms with van der Waals surface area (Å²) in [6, 6.07) is 7.29. The number of allylic oxidation sites excluding steroid dienone is 1. The molecule has 0 heterocycles. The Morgan fingerprint density at radius 3 is 2.69 bits per heavy atom.